The third-order valence-corrected chi connectivity index (χ3v) is 4.12. The van der Waals surface area contributed by atoms with Gasteiger partial charge in [0.1, 0.15) is 0 Å². The van der Waals surface area contributed by atoms with Gasteiger partial charge in [-0.2, -0.15) is 0 Å². The summed E-state index contributed by atoms with van der Waals surface area (Å²) in [6.45, 7) is 6.35. The Morgan fingerprint density at radius 1 is 1.26 bits per heavy atom. The summed E-state index contributed by atoms with van der Waals surface area (Å²) in [4.78, 5) is 12.0. The van der Waals surface area contributed by atoms with Crippen molar-refractivity contribution in [2.24, 2.45) is 5.92 Å². The molecule has 0 spiro atoms. The Bertz CT molecular complexity index is 456. The first-order valence-electron chi connectivity index (χ1n) is 7.20. The van der Waals surface area contributed by atoms with Crippen LogP contribution in [0.25, 0.3) is 0 Å². The van der Waals surface area contributed by atoms with Gasteiger partial charge >= 0.3 is 6.03 Å². The quantitative estimate of drug-likeness (QED) is 0.829. The van der Waals surface area contributed by atoms with Crippen molar-refractivity contribution >= 4 is 11.7 Å². The largest absolute Gasteiger partial charge is 0.335 e. The maximum absolute atomic E-state index is 12.0. The molecule has 0 heterocycles. The molecule has 104 valence electrons. The Labute approximate surface area is 115 Å². The predicted molar refractivity (Wildman–Crippen MR) is 79.5 cm³/mol. The van der Waals surface area contributed by atoms with Crippen LogP contribution < -0.4 is 10.6 Å². The molecule has 1 aliphatic rings. The number of carbonyl (C=O) groups is 1. The maximum Gasteiger partial charge on any atom is 0.319 e. The van der Waals surface area contributed by atoms with Crippen molar-refractivity contribution in [3.05, 3.63) is 29.3 Å². The lowest BCUT2D eigenvalue weighted by Crippen LogP contribution is -2.40. The molecule has 2 rings (SSSR count). The zero-order valence-electron chi connectivity index (χ0n) is 12.1. The van der Waals surface area contributed by atoms with Crippen molar-refractivity contribution in [1.82, 2.24) is 5.32 Å². The van der Waals surface area contributed by atoms with Crippen LogP contribution in [0, 0.1) is 19.8 Å². The van der Waals surface area contributed by atoms with E-state index in [9.17, 15) is 4.79 Å². The first kappa shape index (κ1) is 13.9. The highest BCUT2D eigenvalue weighted by Crippen LogP contribution is 2.24. The molecule has 3 heteroatoms. The topological polar surface area (TPSA) is 41.1 Å². The van der Waals surface area contributed by atoms with E-state index in [4.69, 9.17) is 0 Å². The molecule has 1 aliphatic carbocycles. The average molecular weight is 260 g/mol. The smallest absolute Gasteiger partial charge is 0.319 e. The van der Waals surface area contributed by atoms with Crippen LogP contribution in [0.3, 0.4) is 0 Å². The molecule has 1 aromatic rings. The van der Waals surface area contributed by atoms with Crippen molar-refractivity contribution in [3.8, 4) is 0 Å². The summed E-state index contributed by atoms with van der Waals surface area (Å²) in [5, 5.41) is 6.06. The van der Waals surface area contributed by atoms with Crippen LogP contribution in [0.5, 0.6) is 0 Å². The molecule has 0 aromatic heterocycles. The third kappa shape index (κ3) is 3.72. The van der Waals surface area contributed by atoms with Crippen LogP contribution in [-0.4, -0.2) is 12.1 Å². The fourth-order valence-electron chi connectivity index (χ4n) is 2.80. The van der Waals surface area contributed by atoms with Crippen molar-refractivity contribution in [1.29, 1.82) is 0 Å². The van der Waals surface area contributed by atoms with E-state index in [0.29, 0.717) is 6.04 Å². The van der Waals surface area contributed by atoms with E-state index >= 15 is 0 Å². The summed E-state index contributed by atoms with van der Waals surface area (Å²) in [7, 11) is 0. The lowest BCUT2D eigenvalue weighted by Gasteiger charge is -2.27. The third-order valence-electron chi connectivity index (χ3n) is 4.12. The van der Waals surface area contributed by atoms with Gasteiger partial charge in [0.05, 0.1) is 0 Å². The van der Waals surface area contributed by atoms with Crippen LogP contribution in [0.15, 0.2) is 18.2 Å². The molecule has 0 bridgehead atoms. The number of aryl methyl sites for hydroxylation is 1. The highest BCUT2D eigenvalue weighted by Gasteiger charge is 2.20. The van der Waals surface area contributed by atoms with Crippen LogP contribution in [0.2, 0.25) is 0 Å². The normalized spacial score (nSPS) is 22.9. The number of carbonyl (C=O) groups excluding carboxylic acids is 1. The van der Waals surface area contributed by atoms with Gasteiger partial charge in [-0.25, -0.2) is 4.79 Å². The minimum absolute atomic E-state index is 0.0761. The highest BCUT2D eigenvalue weighted by molar-refractivity contribution is 5.90. The first-order chi connectivity index (χ1) is 9.06. The van der Waals surface area contributed by atoms with Gasteiger partial charge in [0.15, 0.2) is 0 Å². The Morgan fingerprint density at radius 2 is 2.05 bits per heavy atom. The summed E-state index contributed by atoms with van der Waals surface area (Å²) >= 11 is 0. The first-order valence-corrected chi connectivity index (χ1v) is 7.20. The number of urea groups is 1. The van der Waals surface area contributed by atoms with Crippen LogP contribution in [-0.2, 0) is 0 Å². The molecule has 0 saturated heterocycles. The van der Waals surface area contributed by atoms with Gasteiger partial charge in [-0.1, -0.05) is 31.9 Å². The molecule has 2 unspecified atom stereocenters. The molecule has 1 aromatic carbocycles. The van der Waals surface area contributed by atoms with Crippen LogP contribution >= 0.6 is 0 Å². The zero-order valence-corrected chi connectivity index (χ0v) is 12.1. The fourth-order valence-corrected chi connectivity index (χ4v) is 2.80. The van der Waals surface area contributed by atoms with E-state index in [2.05, 4.69) is 30.5 Å². The Morgan fingerprint density at radius 3 is 2.79 bits per heavy atom. The molecule has 2 atom stereocenters. The van der Waals surface area contributed by atoms with Gasteiger partial charge in [-0.15, -0.1) is 0 Å². The Balaban J connectivity index is 1.92. The molecule has 19 heavy (non-hydrogen) atoms. The SMILES string of the molecule is Cc1cccc(NC(=O)NC2CCCC(C)C2)c1C. The van der Waals surface area contributed by atoms with Gasteiger partial charge in [-0.05, 0) is 49.8 Å². The molecule has 0 aliphatic heterocycles. The second kappa shape index (κ2) is 6.09. The molecular formula is C16H24N2O. The summed E-state index contributed by atoms with van der Waals surface area (Å²) in [6.07, 6.45) is 4.71. The molecular weight excluding hydrogens is 236 g/mol. The average Bonchev–Trinajstić information content (AvgIpc) is 2.35. The van der Waals surface area contributed by atoms with Gasteiger partial charge < -0.3 is 10.6 Å². The monoisotopic (exact) mass is 260 g/mol. The number of anilines is 1. The summed E-state index contributed by atoms with van der Waals surface area (Å²) in [5.74, 6) is 0.722. The van der Waals surface area contributed by atoms with Gasteiger partial charge in [0.25, 0.3) is 0 Å². The lowest BCUT2D eigenvalue weighted by atomic mass is 9.87. The van der Waals surface area contributed by atoms with E-state index in [-0.39, 0.29) is 6.03 Å². The van der Waals surface area contributed by atoms with E-state index < -0.39 is 0 Å². The number of amides is 2. The van der Waals surface area contributed by atoms with E-state index in [1.807, 2.05) is 19.1 Å². The van der Waals surface area contributed by atoms with Gasteiger partial charge in [-0.3, -0.25) is 0 Å². The highest BCUT2D eigenvalue weighted by atomic mass is 16.2. The molecule has 2 amide bonds. The van der Waals surface area contributed by atoms with Crippen molar-refractivity contribution in [2.75, 3.05) is 5.32 Å². The standard InChI is InChI=1S/C16H24N2O/c1-11-6-4-8-14(10-11)17-16(19)18-15-9-5-7-12(2)13(15)3/h5,7,9,11,14H,4,6,8,10H2,1-3H3,(H2,17,18,19). The molecule has 2 N–H and O–H groups in total. The molecule has 3 nitrogen and oxygen atoms in total. The summed E-state index contributed by atoms with van der Waals surface area (Å²) in [5.41, 5.74) is 3.24. The lowest BCUT2D eigenvalue weighted by molar-refractivity contribution is 0.238. The number of nitrogens with one attached hydrogen (secondary N) is 2. The summed E-state index contributed by atoms with van der Waals surface area (Å²) in [6, 6.07) is 6.23. The Kier molecular flexibility index (Phi) is 4.46. The number of benzene rings is 1. The number of hydrogen-bond donors (Lipinski definition) is 2. The van der Waals surface area contributed by atoms with Crippen molar-refractivity contribution in [2.45, 2.75) is 52.5 Å². The maximum atomic E-state index is 12.0. The second-order valence-corrected chi connectivity index (χ2v) is 5.81. The van der Waals surface area contributed by atoms with Gasteiger partial charge in [0.2, 0.25) is 0 Å². The minimum Gasteiger partial charge on any atom is -0.335 e. The van der Waals surface area contributed by atoms with Crippen molar-refractivity contribution < 1.29 is 4.79 Å². The fraction of sp³-hybridized carbons (Fsp3) is 0.562. The second-order valence-electron chi connectivity index (χ2n) is 5.81. The number of rotatable bonds is 2. The van der Waals surface area contributed by atoms with E-state index in [0.717, 1.165) is 30.0 Å². The molecule has 1 saturated carbocycles. The Hall–Kier alpha value is -1.51. The van der Waals surface area contributed by atoms with Gasteiger partial charge in [0, 0.05) is 11.7 Å². The van der Waals surface area contributed by atoms with E-state index in [1.54, 1.807) is 0 Å². The van der Waals surface area contributed by atoms with Crippen molar-refractivity contribution in [3.63, 3.8) is 0 Å². The van der Waals surface area contributed by atoms with E-state index in [1.165, 1.54) is 18.4 Å². The zero-order chi connectivity index (χ0) is 13.8. The van der Waals surface area contributed by atoms with Crippen LogP contribution in [0.4, 0.5) is 10.5 Å². The van der Waals surface area contributed by atoms with Crippen LogP contribution in [0.1, 0.15) is 43.7 Å². The number of hydrogen-bond acceptors (Lipinski definition) is 1. The molecule has 0 radical (unpaired) electrons. The minimum atomic E-state index is -0.0761. The molecule has 1 fully saturated rings. The predicted octanol–water partition coefficient (Wildman–Crippen LogP) is 4.00. The summed E-state index contributed by atoms with van der Waals surface area (Å²) < 4.78 is 0.